The number of nitriles is 1. The first-order valence-corrected chi connectivity index (χ1v) is 10.6. The quantitative estimate of drug-likeness (QED) is 0.597. The summed E-state index contributed by atoms with van der Waals surface area (Å²) in [6.45, 7) is 1.56. The molecule has 7 nitrogen and oxygen atoms in total. The maximum Gasteiger partial charge on any atom is 0.344 e. The van der Waals surface area contributed by atoms with Crippen LogP contribution < -0.4 is 4.74 Å². The lowest BCUT2D eigenvalue weighted by molar-refractivity contribution is -0.138. The summed E-state index contributed by atoms with van der Waals surface area (Å²) in [7, 11) is 0. The van der Waals surface area contributed by atoms with Gasteiger partial charge in [0.25, 0.3) is 5.91 Å². The van der Waals surface area contributed by atoms with Crippen LogP contribution in [0.15, 0.2) is 69.8 Å². The first-order valence-electron chi connectivity index (χ1n) is 9.43. The molecule has 32 heavy (non-hydrogen) atoms. The molecule has 0 saturated carbocycles. The van der Waals surface area contributed by atoms with Gasteiger partial charge in [-0.15, -0.1) is 0 Å². The number of hydrogen-bond acceptors (Lipinski definition) is 7. The molecule has 0 aromatic heterocycles. The third kappa shape index (κ3) is 5.19. The highest BCUT2D eigenvalue weighted by atomic mass is 35.5. The van der Waals surface area contributed by atoms with Gasteiger partial charge in [-0.2, -0.15) is 5.26 Å². The number of carbonyl (C=O) groups is 2. The first kappa shape index (κ1) is 23.1. The zero-order chi connectivity index (χ0) is 23.1. The second-order valence-electron chi connectivity index (χ2n) is 6.24. The third-order valence-electron chi connectivity index (χ3n) is 4.18. The summed E-state index contributed by atoms with van der Waals surface area (Å²) in [4.78, 5) is 29.5. The molecule has 0 saturated heterocycles. The van der Waals surface area contributed by atoms with Crippen molar-refractivity contribution in [2.75, 3.05) is 13.2 Å². The zero-order valence-corrected chi connectivity index (χ0v) is 18.4. The van der Waals surface area contributed by atoms with Crippen LogP contribution >= 0.6 is 23.4 Å². The molecule has 2 aromatic carbocycles. The van der Waals surface area contributed by atoms with Crippen LogP contribution in [-0.4, -0.2) is 35.2 Å². The van der Waals surface area contributed by atoms with Crippen molar-refractivity contribution in [1.29, 1.82) is 5.26 Å². The van der Waals surface area contributed by atoms with Crippen molar-refractivity contribution in [3.63, 3.8) is 0 Å². The highest BCUT2D eigenvalue weighted by Crippen LogP contribution is 2.40. The number of nitrogens with zero attached hydrogens (tertiary/aromatic N) is 2. The summed E-state index contributed by atoms with van der Waals surface area (Å²) >= 11 is 7.02. The normalized spacial score (nSPS) is 15.7. The Morgan fingerprint density at radius 2 is 1.94 bits per heavy atom. The van der Waals surface area contributed by atoms with E-state index in [2.05, 4.69) is 4.99 Å². The van der Waals surface area contributed by atoms with Crippen molar-refractivity contribution < 1.29 is 24.2 Å². The summed E-state index contributed by atoms with van der Waals surface area (Å²) in [5, 5.41) is 19.7. The molecule has 1 heterocycles. The number of ether oxygens (including phenoxy) is 2. The summed E-state index contributed by atoms with van der Waals surface area (Å²) in [5.41, 5.74) is 0.523. The molecule has 1 aliphatic heterocycles. The number of aliphatic imine (C=N–C) groups is 1. The van der Waals surface area contributed by atoms with Gasteiger partial charge in [-0.05, 0) is 31.2 Å². The van der Waals surface area contributed by atoms with Crippen LogP contribution in [0.1, 0.15) is 22.8 Å². The smallest absolute Gasteiger partial charge is 0.344 e. The Morgan fingerprint density at radius 1 is 1.22 bits per heavy atom. The van der Waals surface area contributed by atoms with Crippen molar-refractivity contribution in [1.82, 2.24) is 0 Å². The maximum atomic E-state index is 12.7. The number of carbonyl (C=O) groups excluding carboxylic acids is 2. The molecule has 0 unspecified atom stereocenters. The lowest BCUT2D eigenvalue weighted by Crippen LogP contribution is -2.14. The van der Waals surface area contributed by atoms with Crippen molar-refractivity contribution in [2.45, 2.75) is 6.92 Å². The molecule has 162 valence electrons. The molecule has 9 heteroatoms. The molecule has 0 aliphatic carbocycles. The number of rotatable bonds is 6. The average molecular weight is 469 g/mol. The Morgan fingerprint density at radius 3 is 2.66 bits per heavy atom. The number of para-hydroxylation sites is 1. The number of aliphatic hydroxyl groups excluding tert-OH is 1. The number of amides is 1. The standard InChI is InChI=1S/C23H17ClN2O5S/c1-2-30-23(29)19-20(27)18(13-14-7-3-6-10-17(14)31-12-11-25)32-22(19)26-21(28)15-8-4-5-9-16(15)24/h3-10,13,27H,2,12H2,1H3. The van der Waals surface area contributed by atoms with E-state index in [0.717, 1.165) is 11.8 Å². The van der Waals surface area contributed by atoms with Gasteiger partial charge in [0.05, 0.1) is 22.1 Å². The number of esters is 1. The molecule has 1 amide bonds. The van der Waals surface area contributed by atoms with E-state index in [4.69, 9.17) is 26.3 Å². The number of hydrogen-bond donors (Lipinski definition) is 1. The molecule has 0 atom stereocenters. The molecule has 0 radical (unpaired) electrons. The van der Waals surface area contributed by atoms with Crippen LogP contribution in [0.2, 0.25) is 5.02 Å². The fourth-order valence-corrected chi connectivity index (χ4v) is 3.98. The second-order valence-corrected chi connectivity index (χ2v) is 7.68. The van der Waals surface area contributed by atoms with Crippen LogP contribution in [-0.2, 0) is 9.53 Å². The second kappa shape index (κ2) is 10.7. The molecule has 2 aromatic rings. The van der Waals surface area contributed by atoms with E-state index < -0.39 is 11.9 Å². The monoisotopic (exact) mass is 468 g/mol. The van der Waals surface area contributed by atoms with Gasteiger partial charge in [-0.1, -0.05) is 53.7 Å². The predicted octanol–water partition coefficient (Wildman–Crippen LogP) is 4.94. The molecule has 3 rings (SSSR count). The molecule has 0 spiro atoms. The Labute approximate surface area is 193 Å². The van der Waals surface area contributed by atoms with E-state index in [1.54, 1.807) is 55.5 Å². The number of halogens is 1. The van der Waals surface area contributed by atoms with Gasteiger partial charge in [0.15, 0.2) is 6.61 Å². The minimum Gasteiger partial charge on any atom is -0.506 e. The lowest BCUT2D eigenvalue weighted by atomic mass is 10.1. The fraction of sp³-hybridized carbons (Fsp3) is 0.130. The van der Waals surface area contributed by atoms with Crippen LogP contribution in [0, 0.1) is 11.3 Å². The zero-order valence-electron chi connectivity index (χ0n) is 16.9. The Bertz CT molecular complexity index is 1200. The topological polar surface area (TPSA) is 109 Å². The molecule has 1 N–H and O–H groups in total. The lowest BCUT2D eigenvalue weighted by Gasteiger charge is -2.06. The SMILES string of the molecule is CCOC(=O)C1=C(O)C(=Cc2ccccc2OCC#N)SC1=NC(=O)c1ccccc1Cl. The van der Waals surface area contributed by atoms with E-state index in [9.17, 15) is 14.7 Å². The van der Waals surface area contributed by atoms with E-state index >= 15 is 0 Å². The van der Waals surface area contributed by atoms with Gasteiger partial charge >= 0.3 is 5.97 Å². The summed E-state index contributed by atoms with van der Waals surface area (Å²) in [6.07, 6.45) is 1.58. The van der Waals surface area contributed by atoms with Gasteiger partial charge in [0, 0.05) is 5.56 Å². The van der Waals surface area contributed by atoms with Crippen molar-refractivity contribution in [3.8, 4) is 11.8 Å². The minimum absolute atomic E-state index is 0.00690. The van der Waals surface area contributed by atoms with Crippen molar-refractivity contribution >= 4 is 46.4 Å². The first-order chi connectivity index (χ1) is 15.5. The Kier molecular flexibility index (Phi) is 7.71. The summed E-state index contributed by atoms with van der Waals surface area (Å²) < 4.78 is 10.4. The minimum atomic E-state index is -0.805. The van der Waals surface area contributed by atoms with E-state index in [-0.39, 0.29) is 45.1 Å². The molecule has 0 fully saturated rings. The molecule has 0 bridgehead atoms. The van der Waals surface area contributed by atoms with E-state index in [1.165, 1.54) is 6.07 Å². The molecular weight excluding hydrogens is 452 g/mol. The van der Waals surface area contributed by atoms with Crippen molar-refractivity contribution in [3.05, 3.63) is 80.9 Å². The number of thioether (sulfide) groups is 1. The van der Waals surface area contributed by atoms with Crippen LogP contribution in [0.4, 0.5) is 0 Å². The average Bonchev–Trinajstić information content (AvgIpc) is 3.08. The van der Waals surface area contributed by atoms with Gasteiger partial charge in [-0.25, -0.2) is 9.79 Å². The van der Waals surface area contributed by atoms with E-state index in [1.807, 2.05) is 6.07 Å². The van der Waals surface area contributed by atoms with Gasteiger partial charge in [-0.3, -0.25) is 4.79 Å². The van der Waals surface area contributed by atoms with Crippen LogP contribution in [0.5, 0.6) is 5.75 Å². The van der Waals surface area contributed by atoms with Gasteiger partial charge in [0.2, 0.25) is 0 Å². The highest BCUT2D eigenvalue weighted by molar-refractivity contribution is 8.18. The highest BCUT2D eigenvalue weighted by Gasteiger charge is 2.34. The largest absolute Gasteiger partial charge is 0.506 e. The summed E-state index contributed by atoms with van der Waals surface area (Å²) in [6, 6.07) is 15.2. The predicted molar refractivity (Wildman–Crippen MR) is 123 cm³/mol. The Hall–Kier alpha value is -3.54. The molecule has 1 aliphatic rings. The fourth-order valence-electron chi connectivity index (χ4n) is 2.76. The van der Waals surface area contributed by atoms with Crippen molar-refractivity contribution in [2.24, 2.45) is 4.99 Å². The molecular formula is C23H17ClN2O5S. The van der Waals surface area contributed by atoms with Gasteiger partial charge in [0.1, 0.15) is 28.2 Å². The van der Waals surface area contributed by atoms with Crippen LogP contribution in [0.3, 0.4) is 0 Å². The Balaban J connectivity index is 2.04. The summed E-state index contributed by atoms with van der Waals surface area (Å²) in [5.74, 6) is -1.41. The number of aliphatic hydroxyl groups is 1. The maximum absolute atomic E-state index is 12.7. The van der Waals surface area contributed by atoms with Gasteiger partial charge < -0.3 is 14.6 Å². The van der Waals surface area contributed by atoms with E-state index in [0.29, 0.717) is 11.3 Å². The number of benzene rings is 2. The third-order valence-corrected chi connectivity index (χ3v) is 5.52. The van der Waals surface area contributed by atoms with Crippen LogP contribution in [0.25, 0.3) is 6.08 Å².